The van der Waals surface area contributed by atoms with Gasteiger partial charge < -0.3 is 9.64 Å². The molecule has 1 aliphatic carbocycles. The third kappa shape index (κ3) is 3.70. The van der Waals surface area contributed by atoms with E-state index in [1.165, 1.54) is 32.1 Å². The van der Waals surface area contributed by atoms with Gasteiger partial charge in [-0.3, -0.25) is 4.79 Å². The molecule has 0 aromatic rings. The van der Waals surface area contributed by atoms with Gasteiger partial charge in [-0.15, -0.1) is 0 Å². The quantitative estimate of drug-likeness (QED) is 0.693. The Morgan fingerprint density at radius 2 is 1.88 bits per heavy atom. The van der Waals surface area contributed by atoms with E-state index in [-0.39, 0.29) is 11.5 Å². The maximum atomic E-state index is 11.8. The minimum Gasteiger partial charge on any atom is -0.466 e. The van der Waals surface area contributed by atoms with E-state index in [0.717, 1.165) is 0 Å². The van der Waals surface area contributed by atoms with Crippen LogP contribution in [0, 0.1) is 5.92 Å². The average Bonchev–Trinajstić information content (AvgIpc) is 2.30. The fourth-order valence-corrected chi connectivity index (χ4v) is 2.90. The van der Waals surface area contributed by atoms with Gasteiger partial charge in [0.2, 0.25) is 0 Å². The summed E-state index contributed by atoms with van der Waals surface area (Å²) in [7, 11) is 4.15. The highest BCUT2D eigenvalue weighted by atomic mass is 16.5. The summed E-state index contributed by atoms with van der Waals surface area (Å²) in [6.07, 6.45) is 6.95. The summed E-state index contributed by atoms with van der Waals surface area (Å²) in [5, 5.41) is 0. The lowest BCUT2D eigenvalue weighted by atomic mass is 9.73. The van der Waals surface area contributed by atoms with Crippen molar-refractivity contribution in [1.29, 1.82) is 0 Å². The van der Waals surface area contributed by atoms with E-state index >= 15 is 0 Å². The van der Waals surface area contributed by atoms with Gasteiger partial charge >= 0.3 is 5.97 Å². The van der Waals surface area contributed by atoms with Crippen LogP contribution in [-0.4, -0.2) is 37.1 Å². The summed E-state index contributed by atoms with van der Waals surface area (Å²) < 4.78 is 5.11. The number of esters is 1. The molecule has 1 unspecified atom stereocenters. The number of carbonyl (C=O) groups is 1. The third-order valence-corrected chi connectivity index (χ3v) is 4.31. The Bertz CT molecular complexity index is 247. The van der Waals surface area contributed by atoms with Gasteiger partial charge in [-0.25, -0.2) is 0 Å². The maximum absolute atomic E-state index is 11.8. The predicted octanol–water partition coefficient (Wildman–Crippen LogP) is 2.84. The molecule has 1 rings (SSSR count). The molecule has 0 amide bonds. The number of hydrogen-bond donors (Lipinski definition) is 0. The fourth-order valence-electron chi connectivity index (χ4n) is 2.90. The standard InChI is InChI=1S/C14H27NO2/c1-5-17-13(16)11-14(2,15(3)4)12-9-7-6-8-10-12/h12H,5-11H2,1-4H3. The van der Waals surface area contributed by atoms with Crippen molar-refractivity contribution in [3.63, 3.8) is 0 Å². The van der Waals surface area contributed by atoms with Crippen LogP contribution in [0.5, 0.6) is 0 Å². The largest absolute Gasteiger partial charge is 0.466 e. The molecule has 0 bridgehead atoms. The molecule has 0 heterocycles. The van der Waals surface area contributed by atoms with Gasteiger partial charge in [-0.1, -0.05) is 19.3 Å². The van der Waals surface area contributed by atoms with Gasteiger partial charge in [0.25, 0.3) is 0 Å². The van der Waals surface area contributed by atoms with Crippen molar-refractivity contribution in [2.24, 2.45) is 5.92 Å². The van der Waals surface area contributed by atoms with E-state index in [9.17, 15) is 4.79 Å². The first-order valence-corrected chi connectivity index (χ1v) is 6.83. The second-order valence-corrected chi connectivity index (χ2v) is 5.57. The van der Waals surface area contributed by atoms with Crippen molar-refractivity contribution in [3.8, 4) is 0 Å². The zero-order valence-corrected chi connectivity index (χ0v) is 11.8. The summed E-state index contributed by atoms with van der Waals surface area (Å²) in [4.78, 5) is 14.0. The maximum Gasteiger partial charge on any atom is 0.307 e. The zero-order valence-electron chi connectivity index (χ0n) is 11.8. The van der Waals surface area contributed by atoms with Crippen molar-refractivity contribution < 1.29 is 9.53 Å². The van der Waals surface area contributed by atoms with Gasteiger partial charge in [0, 0.05) is 5.54 Å². The smallest absolute Gasteiger partial charge is 0.307 e. The molecule has 100 valence electrons. The first-order chi connectivity index (χ1) is 8.00. The third-order valence-electron chi connectivity index (χ3n) is 4.31. The number of nitrogens with zero attached hydrogens (tertiary/aromatic N) is 1. The predicted molar refractivity (Wildman–Crippen MR) is 69.9 cm³/mol. The van der Waals surface area contributed by atoms with E-state index in [0.29, 0.717) is 18.9 Å². The number of ether oxygens (including phenoxy) is 1. The Kier molecular flexibility index (Phi) is 5.44. The van der Waals surface area contributed by atoms with Gasteiger partial charge in [0.1, 0.15) is 0 Å². The second-order valence-electron chi connectivity index (χ2n) is 5.57. The van der Waals surface area contributed by atoms with Crippen molar-refractivity contribution in [1.82, 2.24) is 4.90 Å². The Morgan fingerprint density at radius 1 is 1.29 bits per heavy atom. The first kappa shape index (κ1) is 14.5. The van der Waals surface area contributed by atoms with Crippen LogP contribution in [0.4, 0.5) is 0 Å². The monoisotopic (exact) mass is 241 g/mol. The summed E-state index contributed by atoms with van der Waals surface area (Å²) in [5.41, 5.74) is -0.0489. The molecular formula is C14H27NO2. The van der Waals surface area contributed by atoms with E-state index in [1.54, 1.807) is 0 Å². The molecule has 1 atom stereocenters. The van der Waals surface area contributed by atoms with Gasteiger partial charge in [0.05, 0.1) is 13.0 Å². The highest BCUT2D eigenvalue weighted by Gasteiger charge is 2.39. The highest BCUT2D eigenvalue weighted by molar-refractivity contribution is 5.70. The van der Waals surface area contributed by atoms with Crippen LogP contribution >= 0.6 is 0 Å². The Hall–Kier alpha value is -0.570. The van der Waals surface area contributed by atoms with Crippen molar-refractivity contribution >= 4 is 5.97 Å². The first-order valence-electron chi connectivity index (χ1n) is 6.83. The van der Waals surface area contributed by atoms with Gasteiger partial charge in [0.15, 0.2) is 0 Å². The normalized spacial score (nSPS) is 21.2. The highest BCUT2D eigenvalue weighted by Crippen LogP contribution is 2.37. The molecule has 1 fully saturated rings. The molecule has 0 N–H and O–H groups in total. The average molecular weight is 241 g/mol. The molecule has 3 heteroatoms. The lowest BCUT2D eigenvalue weighted by Crippen LogP contribution is -2.50. The van der Waals surface area contributed by atoms with E-state index in [4.69, 9.17) is 4.74 Å². The molecule has 0 aromatic carbocycles. The van der Waals surface area contributed by atoms with E-state index < -0.39 is 0 Å². The molecule has 0 aromatic heterocycles. The molecule has 1 aliphatic rings. The number of carbonyl (C=O) groups excluding carboxylic acids is 1. The summed E-state index contributed by atoms with van der Waals surface area (Å²) in [5.74, 6) is 0.560. The molecule has 0 saturated heterocycles. The minimum absolute atomic E-state index is 0.0489. The van der Waals surface area contributed by atoms with E-state index in [2.05, 4.69) is 25.9 Å². The minimum atomic E-state index is -0.0609. The summed E-state index contributed by atoms with van der Waals surface area (Å²) in [6.45, 7) is 4.55. The fraction of sp³-hybridized carbons (Fsp3) is 0.929. The molecule has 0 aliphatic heterocycles. The Morgan fingerprint density at radius 3 is 2.35 bits per heavy atom. The molecule has 1 saturated carbocycles. The van der Waals surface area contributed by atoms with Crippen molar-refractivity contribution in [2.45, 2.75) is 57.9 Å². The lowest BCUT2D eigenvalue weighted by Gasteiger charge is -2.44. The topological polar surface area (TPSA) is 29.5 Å². The van der Waals surface area contributed by atoms with Crippen LogP contribution in [0.25, 0.3) is 0 Å². The molecule has 0 radical (unpaired) electrons. The molecule has 3 nitrogen and oxygen atoms in total. The summed E-state index contributed by atoms with van der Waals surface area (Å²) in [6, 6.07) is 0. The van der Waals surface area contributed by atoms with Crippen LogP contribution in [0.2, 0.25) is 0 Å². The Labute approximate surface area is 106 Å². The van der Waals surface area contributed by atoms with E-state index in [1.807, 2.05) is 6.92 Å². The van der Waals surface area contributed by atoms with Crippen LogP contribution < -0.4 is 0 Å². The molecule has 0 spiro atoms. The molecular weight excluding hydrogens is 214 g/mol. The van der Waals surface area contributed by atoms with Crippen LogP contribution in [-0.2, 0) is 9.53 Å². The van der Waals surface area contributed by atoms with Crippen molar-refractivity contribution in [3.05, 3.63) is 0 Å². The zero-order chi connectivity index (χ0) is 12.9. The van der Waals surface area contributed by atoms with Crippen LogP contribution in [0.1, 0.15) is 52.4 Å². The SMILES string of the molecule is CCOC(=O)CC(C)(C1CCCCC1)N(C)C. The van der Waals surface area contributed by atoms with Gasteiger partial charge in [-0.05, 0) is 46.7 Å². The lowest BCUT2D eigenvalue weighted by molar-refractivity contribution is -0.147. The second kappa shape index (κ2) is 6.39. The van der Waals surface area contributed by atoms with Crippen LogP contribution in [0.3, 0.4) is 0 Å². The van der Waals surface area contributed by atoms with Crippen LogP contribution in [0.15, 0.2) is 0 Å². The summed E-state index contributed by atoms with van der Waals surface area (Å²) >= 11 is 0. The van der Waals surface area contributed by atoms with Crippen molar-refractivity contribution in [2.75, 3.05) is 20.7 Å². The number of rotatable bonds is 5. The molecule has 17 heavy (non-hydrogen) atoms. The Balaban J connectivity index is 2.69. The van der Waals surface area contributed by atoms with Gasteiger partial charge in [-0.2, -0.15) is 0 Å². The number of hydrogen-bond acceptors (Lipinski definition) is 3.